The van der Waals surface area contributed by atoms with Gasteiger partial charge in [0.25, 0.3) is 0 Å². The Kier molecular flexibility index (Phi) is 3.04. The summed E-state index contributed by atoms with van der Waals surface area (Å²) in [4.78, 5) is 17.8. The van der Waals surface area contributed by atoms with Crippen LogP contribution in [0.5, 0.6) is 5.88 Å². The molecule has 3 heterocycles. The third-order valence-electron chi connectivity index (χ3n) is 3.57. The fourth-order valence-corrected chi connectivity index (χ4v) is 4.33. The highest BCUT2D eigenvalue weighted by atomic mass is 32.2. The molecular formula is C12H15N3O4S. The molecule has 3 rings (SSSR count). The molecule has 1 N–H and O–H groups in total. The van der Waals surface area contributed by atoms with Crippen LogP contribution in [0.1, 0.15) is 6.42 Å². The number of carbonyl (C=O) groups is 1. The molecule has 0 aliphatic carbocycles. The quantitative estimate of drug-likeness (QED) is 0.829. The molecule has 0 spiro atoms. The molecule has 8 heteroatoms. The number of methoxy groups -OCH3 is 1. The molecule has 1 atom stereocenters. The van der Waals surface area contributed by atoms with Crippen molar-refractivity contribution in [2.75, 3.05) is 35.4 Å². The van der Waals surface area contributed by atoms with Gasteiger partial charge in [-0.1, -0.05) is 0 Å². The van der Waals surface area contributed by atoms with E-state index in [0.29, 0.717) is 23.8 Å². The van der Waals surface area contributed by atoms with Crippen LogP contribution in [0, 0.1) is 0 Å². The Morgan fingerprint density at radius 2 is 2.25 bits per heavy atom. The third-order valence-corrected chi connectivity index (χ3v) is 5.32. The molecule has 1 aromatic rings. The van der Waals surface area contributed by atoms with Gasteiger partial charge in [0.15, 0.2) is 15.7 Å². The Hall–Kier alpha value is -1.83. The lowest BCUT2D eigenvalue weighted by atomic mass is 10.1. The summed E-state index contributed by atoms with van der Waals surface area (Å²) in [6.45, 7) is 0.118. The van der Waals surface area contributed by atoms with Gasteiger partial charge in [-0.3, -0.25) is 4.79 Å². The zero-order chi connectivity index (χ0) is 14.3. The van der Waals surface area contributed by atoms with Gasteiger partial charge in [-0.15, -0.1) is 0 Å². The number of ether oxygens (including phenoxy) is 1. The zero-order valence-corrected chi connectivity index (χ0v) is 11.8. The number of anilines is 2. The number of nitrogens with zero attached hydrogens (tertiary/aromatic N) is 2. The first-order chi connectivity index (χ1) is 9.48. The second-order valence-electron chi connectivity index (χ2n) is 4.96. The van der Waals surface area contributed by atoms with Gasteiger partial charge in [0.05, 0.1) is 30.8 Å². The topological polar surface area (TPSA) is 88.6 Å². The highest BCUT2D eigenvalue weighted by molar-refractivity contribution is 7.91. The zero-order valence-electron chi connectivity index (χ0n) is 11.0. The maximum Gasteiger partial charge on any atom is 0.244 e. The van der Waals surface area contributed by atoms with Crippen molar-refractivity contribution in [1.29, 1.82) is 0 Å². The Balaban J connectivity index is 1.98. The maximum absolute atomic E-state index is 11.7. The summed E-state index contributed by atoms with van der Waals surface area (Å²) in [6, 6.07) is 3.17. The number of fused-ring (bicyclic) bond motifs is 1. The molecule has 0 bridgehead atoms. The van der Waals surface area contributed by atoms with E-state index in [1.54, 1.807) is 17.0 Å². The Bertz CT molecular complexity index is 659. The number of nitrogens with one attached hydrogen (secondary N) is 1. The molecule has 20 heavy (non-hydrogen) atoms. The van der Waals surface area contributed by atoms with Crippen LogP contribution < -0.4 is 15.0 Å². The number of sulfone groups is 1. The normalized spacial score (nSPS) is 24.1. The molecular weight excluding hydrogens is 282 g/mol. The van der Waals surface area contributed by atoms with E-state index < -0.39 is 9.84 Å². The molecule has 2 aliphatic rings. The van der Waals surface area contributed by atoms with Crippen molar-refractivity contribution >= 4 is 27.2 Å². The smallest absolute Gasteiger partial charge is 0.244 e. The second kappa shape index (κ2) is 4.62. The van der Waals surface area contributed by atoms with Crippen LogP contribution in [0.2, 0.25) is 0 Å². The average Bonchev–Trinajstić information content (AvgIpc) is 2.77. The van der Waals surface area contributed by atoms with E-state index in [9.17, 15) is 13.2 Å². The van der Waals surface area contributed by atoms with E-state index in [1.807, 2.05) is 0 Å². The van der Waals surface area contributed by atoms with Crippen LogP contribution in [0.15, 0.2) is 12.1 Å². The molecule has 2 aliphatic heterocycles. The lowest BCUT2D eigenvalue weighted by Gasteiger charge is -2.33. The Morgan fingerprint density at radius 1 is 1.45 bits per heavy atom. The molecule has 1 saturated heterocycles. The molecule has 108 valence electrons. The summed E-state index contributed by atoms with van der Waals surface area (Å²) < 4.78 is 28.3. The number of aromatic nitrogens is 1. The molecule has 1 unspecified atom stereocenters. The molecule has 7 nitrogen and oxygen atoms in total. The highest BCUT2D eigenvalue weighted by Crippen LogP contribution is 2.33. The number of rotatable bonds is 2. The summed E-state index contributed by atoms with van der Waals surface area (Å²) in [5.74, 6) is 1.08. The van der Waals surface area contributed by atoms with Gasteiger partial charge < -0.3 is 15.0 Å². The van der Waals surface area contributed by atoms with Gasteiger partial charge in [-0.05, 0) is 12.5 Å². The Labute approximate surface area is 116 Å². The summed E-state index contributed by atoms with van der Waals surface area (Å²) in [5, 5.41) is 2.74. The van der Waals surface area contributed by atoms with Crippen molar-refractivity contribution in [3.63, 3.8) is 0 Å². The minimum Gasteiger partial charge on any atom is -0.481 e. The first-order valence-electron chi connectivity index (χ1n) is 6.30. The van der Waals surface area contributed by atoms with Gasteiger partial charge in [0, 0.05) is 12.1 Å². The monoisotopic (exact) mass is 297 g/mol. The van der Waals surface area contributed by atoms with Crippen LogP contribution in [0.25, 0.3) is 0 Å². The molecule has 1 fully saturated rings. The molecule has 1 aromatic heterocycles. The first-order valence-corrected chi connectivity index (χ1v) is 8.12. The van der Waals surface area contributed by atoms with Gasteiger partial charge in [0.2, 0.25) is 11.8 Å². The number of carbonyl (C=O) groups excluding carboxylic acids is 1. The number of hydrogen-bond donors (Lipinski definition) is 1. The summed E-state index contributed by atoms with van der Waals surface area (Å²) in [7, 11) is -1.50. The Morgan fingerprint density at radius 3 is 2.90 bits per heavy atom. The number of pyridine rings is 1. The van der Waals surface area contributed by atoms with Crippen molar-refractivity contribution in [2.45, 2.75) is 12.5 Å². The van der Waals surface area contributed by atoms with Gasteiger partial charge in [0.1, 0.15) is 0 Å². The van der Waals surface area contributed by atoms with Gasteiger partial charge in [-0.2, -0.15) is 4.98 Å². The molecule has 1 amide bonds. The number of hydrogen-bond acceptors (Lipinski definition) is 6. The standard InChI is InChI=1S/C12H15N3O4S/c1-19-11-3-2-9-12(14-11)15(6-10(16)13-9)8-4-5-20(17,18)7-8/h2-3,8H,4-7H2,1H3,(H,13,16). The highest BCUT2D eigenvalue weighted by Gasteiger charge is 2.36. The van der Waals surface area contributed by atoms with Crippen molar-refractivity contribution in [3.8, 4) is 5.88 Å². The van der Waals surface area contributed by atoms with E-state index in [0.717, 1.165) is 0 Å². The summed E-state index contributed by atoms with van der Waals surface area (Å²) >= 11 is 0. The minimum absolute atomic E-state index is 0.0681. The largest absolute Gasteiger partial charge is 0.481 e. The van der Waals surface area contributed by atoms with Gasteiger partial charge >= 0.3 is 0 Å². The van der Waals surface area contributed by atoms with E-state index in [-0.39, 0.29) is 30.0 Å². The van der Waals surface area contributed by atoms with E-state index >= 15 is 0 Å². The SMILES string of the molecule is COc1ccc2c(n1)N(C1CCS(=O)(=O)C1)CC(=O)N2. The summed E-state index contributed by atoms with van der Waals surface area (Å²) in [6.07, 6.45) is 0.522. The van der Waals surface area contributed by atoms with Crippen LogP contribution in [0.3, 0.4) is 0 Å². The van der Waals surface area contributed by atoms with E-state index in [1.165, 1.54) is 7.11 Å². The van der Waals surface area contributed by atoms with Crippen LogP contribution >= 0.6 is 0 Å². The molecule has 0 saturated carbocycles. The molecule has 0 radical (unpaired) electrons. The van der Waals surface area contributed by atoms with Crippen LogP contribution in [-0.4, -0.2) is 50.5 Å². The van der Waals surface area contributed by atoms with Gasteiger partial charge in [-0.25, -0.2) is 8.42 Å². The average molecular weight is 297 g/mol. The lowest BCUT2D eigenvalue weighted by Crippen LogP contribution is -2.45. The van der Waals surface area contributed by atoms with Crippen LogP contribution in [-0.2, 0) is 14.6 Å². The lowest BCUT2D eigenvalue weighted by molar-refractivity contribution is -0.115. The van der Waals surface area contributed by atoms with Crippen molar-refractivity contribution in [3.05, 3.63) is 12.1 Å². The predicted molar refractivity (Wildman–Crippen MR) is 73.8 cm³/mol. The first kappa shape index (κ1) is 13.2. The maximum atomic E-state index is 11.7. The van der Waals surface area contributed by atoms with Crippen molar-refractivity contribution in [1.82, 2.24) is 4.98 Å². The van der Waals surface area contributed by atoms with Crippen LogP contribution in [0.4, 0.5) is 11.5 Å². The summed E-state index contributed by atoms with van der Waals surface area (Å²) in [5.41, 5.74) is 0.589. The predicted octanol–water partition coefficient (Wildman–Crippen LogP) is 0.0358. The van der Waals surface area contributed by atoms with Crippen molar-refractivity contribution in [2.24, 2.45) is 0 Å². The third kappa shape index (κ3) is 2.31. The second-order valence-corrected chi connectivity index (χ2v) is 7.19. The number of amides is 1. The van der Waals surface area contributed by atoms with Crippen molar-refractivity contribution < 1.29 is 17.9 Å². The van der Waals surface area contributed by atoms with E-state index in [4.69, 9.17) is 4.74 Å². The minimum atomic E-state index is -3.01. The van der Waals surface area contributed by atoms with E-state index in [2.05, 4.69) is 10.3 Å². The fourth-order valence-electron chi connectivity index (χ4n) is 2.60. The molecule has 0 aromatic carbocycles. The fraction of sp³-hybridized carbons (Fsp3) is 0.500.